The van der Waals surface area contributed by atoms with Crippen LogP contribution in [0.2, 0.25) is 5.15 Å². The van der Waals surface area contributed by atoms with Gasteiger partial charge in [-0.25, -0.2) is 9.37 Å². The molecule has 0 spiro atoms. The first-order chi connectivity index (χ1) is 9.91. The van der Waals surface area contributed by atoms with Gasteiger partial charge in [0.05, 0.1) is 6.61 Å². The molecule has 1 unspecified atom stereocenters. The molecule has 2 heterocycles. The van der Waals surface area contributed by atoms with Gasteiger partial charge >= 0.3 is 0 Å². The standard InChI is InChI=1S/C17H17ClFNO/c1-10(2)17(3)9-21-16-13(17)8-14(18)20-15(16)11-4-6-12(19)7-5-11/h4-8,10H,9H2,1-3H3. The average Bonchev–Trinajstić information content (AvgIpc) is 2.78. The largest absolute Gasteiger partial charge is 0.490 e. The Morgan fingerprint density at radius 2 is 1.95 bits per heavy atom. The summed E-state index contributed by atoms with van der Waals surface area (Å²) in [6.45, 7) is 7.12. The number of hydrogen-bond donors (Lipinski definition) is 0. The zero-order valence-electron chi connectivity index (χ0n) is 12.3. The quantitative estimate of drug-likeness (QED) is 0.740. The molecule has 0 fully saturated rings. The summed E-state index contributed by atoms with van der Waals surface area (Å²) in [7, 11) is 0. The Kier molecular flexibility index (Phi) is 3.40. The summed E-state index contributed by atoms with van der Waals surface area (Å²) in [5, 5.41) is 0.436. The van der Waals surface area contributed by atoms with Crippen LogP contribution in [-0.4, -0.2) is 11.6 Å². The topological polar surface area (TPSA) is 22.1 Å². The molecular formula is C17H17ClFNO. The van der Waals surface area contributed by atoms with Crippen LogP contribution in [0.15, 0.2) is 30.3 Å². The van der Waals surface area contributed by atoms with Crippen molar-refractivity contribution >= 4 is 11.6 Å². The maximum atomic E-state index is 13.1. The predicted molar refractivity (Wildman–Crippen MR) is 82.3 cm³/mol. The van der Waals surface area contributed by atoms with Crippen molar-refractivity contribution in [3.8, 4) is 17.0 Å². The van der Waals surface area contributed by atoms with Crippen LogP contribution in [0.1, 0.15) is 26.3 Å². The van der Waals surface area contributed by atoms with Gasteiger partial charge in [0, 0.05) is 16.5 Å². The maximum absolute atomic E-state index is 13.1. The first-order valence-electron chi connectivity index (χ1n) is 7.01. The number of benzene rings is 1. The van der Waals surface area contributed by atoms with Gasteiger partial charge in [-0.2, -0.15) is 0 Å². The van der Waals surface area contributed by atoms with Gasteiger partial charge in [-0.05, 0) is 36.2 Å². The van der Waals surface area contributed by atoms with Gasteiger partial charge < -0.3 is 4.74 Å². The lowest BCUT2D eigenvalue weighted by molar-refractivity contribution is 0.231. The molecule has 1 aromatic heterocycles. The van der Waals surface area contributed by atoms with Gasteiger partial charge in [-0.1, -0.05) is 32.4 Å². The van der Waals surface area contributed by atoms with E-state index >= 15 is 0 Å². The van der Waals surface area contributed by atoms with E-state index in [4.69, 9.17) is 16.3 Å². The molecule has 0 saturated heterocycles. The molecule has 1 aliphatic heterocycles. The molecule has 4 heteroatoms. The third-order valence-electron chi connectivity index (χ3n) is 4.47. The van der Waals surface area contributed by atoms with Crippen LogP contribution in [-0.2, 0) is 5.41 Å². The number of fused-ring (bicyclic) bond motifs is 1. The van der Waals surface area contributed by atoms with Crippen LogP contribution in [0, 0.1) is 11.7 Å². The molecule has 2 aromatic rings. The van der Waals surface area contributed by atoms with Crippen molar-refractivity contribution in [1.29, 1.82) is 0 Å². The molecule has 0 N–H and O–H groups in total. The molecule has 1 aromatic carbocycles. The molecule has 0 bridgehead atoms. The first-order valence-corrected chi connectivity index (χ1v) is 7.39. The average molecular weight is 306 g/mol. The number of hydrogen-bond acceptors (Lipinski definition) is 2. The predicted octanol–water partition coefficient (Wildman–Crippen LogP) is 4.85. The van der Waals surface area contributed by atoms with Crippen molar-refractivity contribution in [2.24, 2.45) is 5.92 Å². The fraction of sp³-hybridized carbons (Fsp3) is 0.353. The lowest BCUT2D eigenvalue weighted by Gasteiger charge is -2.27. The second-order valence-corrected chi connectivity index (χ2v) is 6.43. The summed E-state index contributed by atoms with van der Waals surface area (Å²) >= 11 is 6.20. The number of ether oxygens (including phenoxy) is 1. The van der Waals surface area contributed by atoms with Gasteiger partial charge in [0.1, 0.15) is 22.4 Å². The Morgan fingerprint density at radius 3 is 2.57 bits per heavy atom. The fourth-order valence-electron chi connectivity index (χ4n) is 2.65. The molecule has 0 saturated carbocycles. The van der Waals surface area contributed by atoms with E-state index in [2.05, 4.69) is 25.8 Å². The van der Waals surface area contributed by atoms with Gasteiger partial charge in [-0.3, -0.25) is 0 Å². The van der Waals surface area contributed by atoms with Crippen LogP contribution in [0.4, 0.5) is 4.39 Å². The third-order valence-corrected chi connectivity index (χ3v) is 4.66. The molecule has 0 aliphatic carbocycles. The molecule has 21 heavy (non-hydrogen) atoms. The highest BCUT2D eigenvalue weighted by Crippen LogP contribution is 2.48. The van der Waals surface area contributed by atoms with Crippen molar-refractivity contribution < 1.29 is 9.13 Å². The normalized spacial score (nSPS) is 20.5. The molecule has 0 amide bonds. The molecule has 3 rings (SSSR count). The summed E-state index contributed by atoms with van der Waals surface area (Å²) in [6, 6.07) is 8.12. The van der Waals surface area contributed by atoms with E-state index in [9.17, 15) is 4.39 Å². The van der Waals surface area contributed by atoms with Crippen LogP contribution < -0.4 is 4.74 Å². The van der Waals surface area contributed by atoms with Crippen LogP contribution >= 0.6 is 11.6 Å². The third kappa shape index (κ3) is 2.30. The summed E-state index contributed by atoms with van der Waals surface area (Å²) in [5.74, 6) is 0.908. The van der Waals surface area contributed by atoms with E-state index in [0.29, 0.717) is 23.4 Å². The fourth-order valence-corrected chi connectivity index (χ4v) is 2.85. The van der Waals surface area contributed by atoms with Gasteiger partial charge in [-0.15, -0.1) is 0 Å². The van der Waals surface area contributed by atoms with Gasteiger partial charge in [0.15, 0.2) is 0 Å². The van der Waals surface area contributed by atoms with Crippen molar-refractivity contribution in [3.63, 3.8) is 0 Å². The Hall–Kier alpha value is -1.61. The summed E-state index contributed by atoms with van der Waals surface area (Å²) in [4.78, 5) is 4.39. The van der Waals surface area contributed by atoms with Gasteiger partial charge in [0.2, 0.25) is 0 Å². The Bertz CT molecular complexity index is 684. The Labute approximate surface area is 128 Å². The van der Waals surface area contributed by atoms with E-state index in [0.717, 1.165) is 16.9 Å². The van der Waals surface area contributed by atoms with Crippen LogP contribution in [0.5, 0.6) is 5.75 Å². The molecule has 1 aliphatic rings. The Morgan fingerprint density at radius 1 is 1.29 bits per heavy atom. The minimum atomic E-state index is -0.273. The highest BCUT2D eigenvalue weighted by atomic mass is 35.5. The number of aromatic nitrogens is 1. The highest BCUT2D eigenvalue weighted by Gasteiger charge is 2.41. The van der Waals surface area contributed by atoms with Crippen molar-refractivity contribution in [1.82, 2.24) is 4.98 Å². The molecule has 0 radical (unpaired) electrons. The van der Waals surface area contributed by atoms with Gasteiger partial charge in [0.25, 0.3) is 0 Å². The highest BCUT2D eigenvalue weighted by molar-refractivity contribution is 6.29. The lowest BCUT2D eigenvalue weighted by atomic mass is 9.75. The van der Waals surface area contributed by atoms with Crippen molar-refractivity contribution in [3.05, 3.63) is 46.9 Å². The molecular weight excluding hydrogens is 289 g/mol. The summed E-state index contributed by atoms with van der Waals surface area (Å²) < 4.78 is 19.0. The minimum absolute atomic E-state index is 0.0866. The molecule has 2 nitrogen and oxygen atoms in total. The Balaban J connectivity index is 2.19. The smallest absolute Gasteiger partial charge is 0.149 e. The summed E-state index contributed by atoms with van der Waals surface area (Å²) in [5.41, 5.74) is 2.48. The second kappa shape index (κ2) is 4.99. The molecule has 110 valence electrons. The van der Waals surface area contributed by atoms with E-state index in [1.54, 1.807) is 12.1 Å². The first kappa shape index (κ1) is 14.3. The van der Waals surface area contributed by atoms with Crippen molar-refractivity contribution in [2.75, 3.05) is 6.61 Å². The zero-order valence-corrected chi connectivity index (χ0v) is 13.0. The zero-order chi connectivity index (χ0) is 15.2. The molecule has 1 atom stereocenters. The van der Waals surface area contributed by atoms with E-state index in [-0.39, 0.29) is 11.2 Å². The van der Waals surface area contributed by atoms with Crippen LogP contribution in [0.3, 0.4) is 0 Å². The van der Waals surface area contributed by atoms with E-state index < -0.39 is 0 Å². The number of nitrogens with zero attached hydrogens (tertiary/aromatic N) is 1. The number of pyridine rings is 1. The summed E-state index contributed by atoms with van der Waals surface area (Å²) in [6.07, 6.45) is 0. The lowest BCUT2D eigenvalue weighted by Crippen LogP contribution is -2.30. The second-order valence-electron chi connectivity index (χ2n) is 6.04. The number of rotatable bonds is 2. The van der Waals surface area contributed by atoms with E-state index in [1.165, 1.54) is 12.1 Å². The monoisotopic (exact) mass is 305 g/mol. The van der Waals surface area contributed by atoms with E-state index in [1.807, 2.05) is 6.07 Å². The SMILES string of the molecule is CC(C)C1(C)COc2c1cc(Cl)nc2-c1ccc(F)cc1. The maximum Gasteiger partial charge on any atom is 0.149 e. The number of halogens is 2. The van der Waals surface area contributed by atoms with Crippen LogP contribution in [0.25, 0.3) is 11.3 Å². The minimum Gasteiger partial charge on any atom is -0.490 e. The van der Waals surface area contributed by atoms with Crippen molar-refractivity contribution in [2.45, 2.75) is 26.2 Å².